The molecule has 1 saturated heterocycles. The molecular weight excluding hydrogens is 380 g/mol. The van der Waals surface area contributed by atoms with Gasteiger partial charge in [0.25, 0.3) is 0 Å². The number of nitrogens with one attached hydrogen (secondary N) is 1. The number of hydrogen-bond donors (Lipinski definition) is 1. The number of carbonyl (C=O) groups is 1. The van der Waals surface area contributed by atoms with Crippen molar-refractivity contribution in [3.8, 4) is 0 Å². The van der Waals surface area contributed by atoms with Crippen LogP contribution in [-0.2, 0) is 22.5 Å². The summed E-state index contributed by atoms with van der Waals surface area (Å²) in [6, 6.07) is 8.33. The Bertz CT molecular complexity index is 773. The topological polar surface area (TPSA) is 66.8 Å². The minimum Gasteiger partial charge on any atom is -0.466 e. The summed E-state index contributed by atoms with van der Waals surface area (Å²) >= 11 is 3.44. The third-order valence-electron chi connectivity index (χ3n) is 4.10. The predicted octanol–water partition coefficient (Wildman–Crippen LogP) is 3.24. The van der Waals surface area contributed by atoms with E-state index >= 15 is 0 Å². The van der Waals surface area contributed by atoms with Crippen molar-refractivity contribution < 1.29 is 9.53 Å². The van der Waals surface area contributed by atoms with Crippen LogP contribution in [0.4, 0.5) is 5.13 Å². The smallest absolute Gasteiger partial charge is 0.311 e. The number of thiazole rings is 1. The number of rotatable bonds is 8. The van der Waals surface area contributed by atoms with E-state index in [4.69, 9.17) is 4.74 Å². The van der Waals surface area contributed by atoms with Gasteiger partial charge in [-0.15, -0.1) is 11.3 Å². The number of ether oxygens (including phenoxy) is 1. The molecule has 1 aliphatic rings. The van der Waals surface area contributed by atoms with Crippen LogP contribution in [-0.4, -0.2) is 53.3 Å². The fraction of sp³-hybridized carbons (Fsp3) is 0.421. The molecule has 2 aromatic rings. The number of aromatic nitrogens is 1. The second kappa shape index (κ2) is 10.4. The number of hydrogen-bond acceptors (Lipinski definition) is 8. The number of esters is 1. The Morgan fingerprint density at radius 3 is 3.00 bits per heavy atom. The van der Waals surface area contributed by atoms with Crippen LogP contribution in [0.3, 0.4) is 0 Å². The normalized spacial score (nSPS) is 15.1. The molecule has 1 aliphatic heterocycles. The highest BCUT2D eigenvalue weighted by Gasteiger charge is 2.12. The Kier molecular flexibility index (Phi) is 7.67. The maximum absolute atomic E-state index is 11.5. The highest BCUT2D eigenvalue weighted by Crippen LogP contribution is 2.17. The number of carbonyl (C=O) groups excluding carboxylic acids is 1. The van der Waals surface area contributed by atoms with Gasteiger partial charge in [0.2, 0.25) is 5.13 Å². The summed E-state index contributed by atoms with van der Waals surface area (Å²) in [6.45, 7) is 5.40. The molecule has 1 aromatic carbocycles. The zero-order chi connectivity index (χ0) is 18.9. The lowest BCUT2D eigenvalue weighted by Gasteiger charge is -2.26. The molecule has 1 N–H and O–H groups in total. The van der Waals surface area contributed by atoms with E-state index in [0.717, 1.165) is 25.2 Å². The van der Waals surface area contributed by atoms with Crippen LogP contribution >= 0.6 is 23.1 Å². The van der Waals surface area contributed by atoms with E-state index in [-0.39, 0.29) is 12.4 Å². The van der Waals surface area contributed by atoms with Gasteiger partial charge in [-0.05, 0) is 18.1 Å². The molecule has 0 radical (unpaired) electrons. The van der Waals surface area contributed by atoms with Crippen LogP contribution in [0.5, 0.6) is 0 Å². The van der Waals surface area contributed by atoms with E-state index in [0.29, 0.717) is 17.4 Å². The second-order valence-corrected chi connectivity index (χ2v) is 8.17. The summed E-state index contributed by atoms with van der Waals surface area (Å²) in [5.41, 5.74) is 6.03. The van der Waals surface area contributed by atoms with Crippen LogP contribution in [0.1, 0.15) is 23.7 Å². The van der Waals surface area contributed by atoms with Gasteiger partial charge < -0.3 is 4.74 Å². The lowest BCUT2D eigenvalue weighted by Crippen LogP contribution is -2.32. The van der Waals surface area contributed by atoms with Gasteiger partial charge in [0.05, 0.1) is 24.9 Å². The van der Waals surface area contributed by atoms with Gasteiger partial charge in [-0.25, -0.2) is 4.98 Å². The third-order valence-corrected chi connectivity index (χ3v) is 5.84. The van der Waals surface area contributed by atoms with E-state index in [9.17, 15) is 4.79 Å². The molecule has 0 bridgehead atoms. The molecule has 1 fully saturated rings. The molecule has 1 aromatic heterocycles. The van der Waals surface area contributed by atoms with Crippen molar-refractivity contribution in [2.45, 2.75) is 19.9 Å². The second-order valence-electron chi connectivity index (χ2n) is 6.08. The van der Waals surface area contributed by atoms with Crippen molar-refractivity contribution in [3.05, 3.63) is 46.5 Å². The van der Waals surface area contributed by atoms with Gasteiger partial charge in [0, 0.05) is 36.5 Å². The molecule has 6 nitrogen and oxygen atoms in total. The number of anilines is 1. The van der Waals surface area contributed by atoms with Crippen LogP contribution < -0.4 is 5.43 Å². The lowest BCUT2D eigenvalue weighted by atomic mass is 10.1. The van der Waals surface area contributed by atoms with Gasteiger partial charge in [0.1, 0.15) is 0 Å². The maximum atomic E-state index is 11.5. The first-order valence-corrected chi connectivity index (χ1v) is 11.0. The number of benzene rings is 1. The molecular formula is C19H24N4O2S2. The largest absolute Gasteiger partial charge is 0.466 e. The Balaban J connectivity index is 1.57. The Morgan fingerprint density at radius 1 is 1.37 bits per heavy atom. The van der Waals surface area contributed by atoms with Crippen LogP contribution in [0.25, 0.3) is 0 Å². The summed E-state index contributed by atoms with van der Waals surface area (Å²) in [7, 11) is 0. The Labute approximate surface area is 168 Å². The predicted molar refractivity (Wildman–Crippen MR) is 113 cm³/mol. The molecule has 2 heterocycles. The minimum atomic E-state index is -0.261. The molecule has 0 aliphatic carbocycles. The van der Waals surface area contributed by atoms with Gasteiger partial charge in [-0.2, -0.15) is 16.9 Å². The van der Waals surface area contributed by atoms with Crippen LogP contribution in [0.2, 0.25) is 0 Å². The fourth-order valence-corrected chi connectivity index (χ4v) is 4.40. The Morgan fingerprint density at radius 2 is 2.19 bits per heavy atom. The summed E-state index contributed by atoms with van der Waals surface area (Å²) in [5.74, 6) is 2.15. The van der Waals surface area contributed by atoms with Crippen molar-refractivity contribution in [2.75, 3.05) is 36.6 Å². The van der Waals surface area contributed by atoms with E-state index in [1.165, 1.54) is 28.4 Å². The third kappa shape index (κ3) is 6.34. The summed E-state index contributed by atoms with van der Waals surface area (Å²) in [4.78, 5) is 18.4. The zero-order valence-electron chi connectivity index (χ0n) is 15.4. The molecule has 27 heavy (non-hydrogen) atoms. The quantitative estimate of drug-likeness (QED) is 0.414. The fourth-order valence-electron chi connectivity index (χ4n) is 2.76. The van der Waals surface area contributed by atoms with Crippen molar-refractivity contribution >= 4 is 40.4 Å². The number of nitrogens with zero attached hydrogens (tertiary/aromatic N) is 3. The van der Waals surface area contributed by atoms with E-state index in [1.54, 1.807) is 6.92 Å². The van der Waals surface area contributed by atoms with Gasteiger partial charge >= 0.3 is 5.97 Å². The first kappa shape index (κ1) is 19.9. The summed E-state index contributed by atoms with van der Waals surface area (Å²) in [5, 5.41) is 6.84. The molecule has 8 heteroatoms. The molecule has 144 valence electrons. The minimum absolute atomic E-state index is 0.187. The van der Waals surface area contributed by atoms with Gasteiger partial charge in [0.15, 0.2) is 0 Å². The van der Waals surface area contributed by atoms with E-state index in [2.05, 4.69) is 38.6 Å². The van der Waals surface area contributed by atoms with E-state index < -0.39 is 0 Å². The Hall–Kier alpha value is -1.90. The van der Waals surface area contributed by atoms with Crippen molar-refractivity contribution in [1.29, 1.82) is 0 Å². The monoisotopic (exact) mass is 404 g/mol. The average Bonchev–Trinajstić information content (AvgIpc) is 3.11. The van der Waals surface area contributed by atoms with Crippen molar-refractivity contribution in [2.24, 2.45) is 5.10 Å². The first-order valence-electron chi connectivity index (χ1n) is 9.01. The molecule has 0 spiro atoms. The standard InChI is InChI=1S/C19H24N4O2S2/c1-2-25-18(24)11-17-14-27-19(21-17)22-20-12-15-5-3-4-6-16(15)13-23-7-9-26-10-8-23/h3-6,12,14H,2,7-11,13H2,1H3,(H,21,22). The highest BCUT2D eigenvalue weighted by molar-refractivity contribution is 7.99. The van der Waals surface area contributed by atoms with Gasteiger partial charge in [-0.1, -0.05) is 24.3 Å². The van der Waals surface area contributed by atoms with Crippen molar-refractivity contribution in [1.82, 2.24) is 9.88 Å². The first-order chi connectivity index (χ1) is 13.2. The molecule has 0 saturated carbocycles. The summed E-state index contributed by atoms with van der Waals surface area (Å²) < 4.78 is 4.94. The van der Waals surface area contributed by atoms with Crippen LogP contribution in [0, 0.1) is 0 Å². The molecule has 0 amide bonds. The zero-order valence-corrected chi connectivity index (χ0v) is 17.0. The molecule has 0 atom stereocenters. The number of thioether (sulfide) groups is 1. The number of hydrazone groups is 1. The average molecular weight is 405 g/mol. The lowest BCUT2D eigenvalue weighted by molar-refractivity contribution is -0.142. The van der Waals surface area contributed by atoms with E-state index in [1.807, 2.05) is 29.4 Å². The van der Waals surface area contributed by atoms with Crippen LogP contribution in [0.15, 0.2) is 34.7 Å². The van der Waals surface area contributed by atoms with Gasteiger partial charge in [-0.3, -0.25) is 15.1 Å². The highest BCUT2D eigenvalue weighted by atomic mass is 32.2. The summed E-state index contributed by atoms with van der Waals surface area (Å²) in [6.07, 6.45) is 2.02. The maximum Gasteiger partial charge on any atom is 0.311 e. The SMILES string of the molecule is CCOC(=O)Cc1csc(NN=Cc2ccccc2CN2CCSCC2)n1. The molecule has 3 rings (SSSR count). The molecule has 0 unspecified atom stereocenters. The van der Waals surface area contributed by atoms with Crippen molar-refractivity contribution in [3.63, 3.8) is 0 Å².